The fourth-order valence-electron chi connectivity index (χ4n) is 3.13. The molecule has 0 bridgehead atoms. The molecule has 2 heterocycles. The minimum absolute atomic E-state index is 0.149. The van der Waals surface area contributed by atoms with Gasteiger partial charge in [-0.1, -0.05) is 0 Å². The molecular weight excluding hydrogens is 278 g/mol. The van der Waals surface area contributed by atoms with Crippen LogP contribution in [0, 0.1) is 5.92 Å². The Morgan fingerprint density at radius 1 is 1.48 bits per heavy atom. The maximum absolute atomic E-state index is 12.9. The number of ether oxygens (including phenoxy) is 1. The second-order valence-corrected chi connectivity index (χ2v) is 5.84. The van der Waals surface area contributed by atoms with Crippen molar-refractivity contribution >= 4 is 5.91 Å². The second kappa shape index (κ2) is 5.33. The predicted molar refractivity (Wildman–Crippen MR) is 71.7 cm³/mol. The molecule has 0 radical (unpaired) electrons. The Kier molecular flexibility index (Phi) is 3.65. The summed E-state index contributed by atoms with van der Waals surface area (Å²) in [5, 5.41) is 0. The summed E-state index contributed by atoms with van der Waals surface area (Å²) in [5.41, 5.74) is 3.21. The van der Waals surface area contributed by atoms with Gasteiger partial charge in [-0.3, -0.25) is 9.78 Å². The van der Waals surface area contributed by atoms with Crippen LogP contribution in [0.4, 0.5) is 8.78 Å². The van der Waals surface area contributed by atoms with Crippen molar-refractivity contribution in [2.45, 2.75) is 38.3 Å². The van der Waals surface area contributed by atoms with E-state index in [1.807, 2.05) is 0 Å². The van der Waals surface area contributed by atoms with Crippen LogP contribution in [0.3, 0.4) is 0 Å². The number of amides is 1. The molecule has 2 aliphatic rings. The quantitative estimate of drug-likeness (QED) is 0.858. The van der Waals surface area contributed by atoms with Crippen LogP contribution in [-0.4, -0.2) is 35.4 Å². The number of carbonyl (C=O) groups is 1. The number of hydrogen-bond donors (Lipinski definition) is 0. The summed E-state index contributed by atoms with van der Waals surface area (Å²) in [6.45, 7) is 1.54. The van der Waals surface area contributed by atoms with Crippen molar-refractivity contribution in [1.29, 1.82) is 0 Å². The molecule has 0 N–H and O–H groups in total. The Labute approximate surface area is 122 Å². The number of methoxy groups -OCH3 is 1. The molecule has 4 nitrogen and oxygen atoms in total. The number of carbonyl (C=O) groups excluding carboxylic acids is 1. The Bertz CT molecular complexity index is 555. The van der Waals surface area contributed by atoms with Crippen LogP contribution in [-0.2, 0) is 29.1 Å². The second-order valence-electron chi connectivity index (χ2n) is 5.84. The minimum atomic E-state index is -2.65. The van der Waals surface area contributed by atoms with Crippen molar-refractivity contribution < 1.29 is 18.3 Å². The molecule has 0 aromatic carbocycles. The number of aromatic nitrogens is 1. The molecule has 0 unspecified atom stereocenters. The first-order valence-corrected chi connectivity index (χ1v) is 7.10. The van der Waals surface area contributed by atoms with Crippen molar-refractivity contribution in [3.8, 4) is 0 Å². The van der Waals surface area contributed by atoms with Gasteiger partial charge >= 0.3 is 0 Å². The summed E-state index contributed by atoms with van der Waals surface area (Å²) >= 11 is 0. The lowest BCUT2D eigenvalue weighted by Crippen LogP contribution is -2.48. The third kappa shape index (κ3) is 2.77. The fourth-order valence-corrected chi connectivity index (χ4v) is 3.13. The van der Waals surface area contributed by atoms with E-state index in [0.29, 0.717) is 19.7 Å². The average molecular weight is 296 g/mol. The topological polar surface area (TPSA) is 42.4 Å². The zero-order valence-electron chi connectivity index (χ0n) is 11.9. The molecule has 0 atom stereocenters. The van der Waals surface area contributed by atoms with Gasteiger partial charge in [0, 0.05) is 51.4 Å². The van der Waals surface area contributed by atoms with E-state index in [9.17, 15) is 13.6 Å². The number of rotatable bonds is 3. The van der Waals surface area contributed by atoms with Gasteiger partial charge in [-0.2, -0.15) is 0 Å². The number of pyridine rings is 1. The van der Waals surface area contributed by atoms with Gasteiger partial charge in [0.05, 0.1) is 6.61 Å². The van der Waals surface area contributed by atoms with E-state index in [-0.39, 0.29) is 18.7 Å². The molecular formula is C15H18F2N2O2. The zero-order chi connectivity index (χ0) is 15.0. The molecule has 114 valence electrons. The summed E-state index contributed by atoms with van der Waals surface area (Å²) in [7, 11) is 1.63. The molecule has 1 fully saturated rings. The van der Waals surface area contributed by atoms with Crippen LogP contribution in [0.2, 0.25) is 0 Å². The maximum Gasteiger partial charge on any atom is 0.249 e. The number of alkyl halides is 2. The SMILES string of the molecule is COCc1cncc2c1CCN(C(=O)C1CC(F)(F)C1)C2. The van der Waals surface area contributed by atoms with Crippen LogP contribution >= 0.6 is 0 Å². The maximum atomic E-state index is 12.9. The first-order valence-electron chi connectivity index (χ1n) is 7.10. The average Bonchev–Trinajstić information content (AvgIpc) is 2.44. The highest BCUT2D eigenvalue weighted by Gasteiger charge is 2.49. The van der Waals surface area contributed by atoms with E-state index in [0.717, 1.165) is 17.5 Å². The third-order valence-electron chi connectivity index (χ3n) is 4.28. The lowest BCUT2D eigenvalue weighted by molar-refractivity contribution is -0.160. The molecule has 21 heavy (non-hydrogen) atoms. The molecule has 1 aliphatic heterocycles. The fraction of sp³-hybridized carbons (Fsp3) is 0.600. The van der Waals surface area contributed by atoms with Crippen molar-refractivity contribution in [2.24, 2.45) is 5.92 Å². The molecule has 3 rings (SSSR count). The summed E-state index contributed by atoms with van der Waals surface area (Å²) < 4.78 is 30.9. The van der Waals surface area contributed by atoms with Crippen molar-refractivity contribution in [3.05, 3.63) is 29.1 Å². The Morgan fingerprint density at radius 2 is 2.24 bits per heavy atom. The molecule has 1 aromatic rings. The predicted octanol–water partition coefficient (Wildman–Crippen LogP) is 2.16. The Balaban J connectivity index is 1.70. The highest BCUT2D eigenvalue weighted by Crippen LogP contribution is 2.43. The van der Waals surface area contributed by atoms with Crippen molar-refractivity contribution in [3.63, 3.8) is 0 Å². The number of fused-ring (bicyclic) bond motifs is 1. The van der Waals surface area contributed by atoms with Crippen LogP contribution < -0.4 is 0 Å². The Hall–Kier alpha value is -1.56. The van der Waals surface area contributed by atoms with E-state index in [1.165, 1.54) is 5.56 Å². The standard InChI is InChI=1S/C15H18F2N2O2/c1-21-9-12-7-18-6-11-8-19(3-2-13(11)12)14(20)10-4-15(16,17)5-10/h6-7,10H,2-5,8-9H2,1H3. The van der Waals surface area contributed by atoms with E-state index in [1.54, 1.807) is 24.4 Å². The molecule has 1 amide bonds. The van der Waals surface area contributed by atoms with E-state index >= 15 is 0 Å². The molecule has 1 saturated carbocycles. The smallest absolute Gasteiger partial charge is 0.249 e. The van der Waals surface area contributed by atoms with Crippen molar-refractivity contribution in [2.75, 3.05) is 13.7 Å². The number of halogens is 2. The molecule has 0 spiro atoms. The van der Waals surface area contributed by atoms with E-state index < -0.39 is 11.8 Å². The summed E-state index contributed by atoms with van der Waals surface area (Å²) in [6, 6.07) is 0. The summed E-state index contributed by atoms with van der Waals surface area (Å²) in [4.78, 5) is 18.1. The van der Waals surface area contributed by atoms with E-state index in [2.05, 4.69) is 4.98 Å². The zero-order valence-corrected chi connectivity index (χ0v) is 11.9. The van der Waals surface area contributed by atoms with Gasteiger partial charge in [0.1, 0.15) is 0 Å². The molecule has 6 heteroatoms. The largest absolute Gasteiger partial charge is 0.380 e. The summed E-state index contributed by atoms with van der Waals surface area (Å²) in [6.07, 6.45) is 3.65. The minimum Gasteiger partial charge on any atom is -0.380 e. The first-order chi connectivity index (χ1) is 10.00. The van der Waals surface area contributed by atoms with E-state index in [4.69, 9.17) is 4.74 Å². The molecule has 1 aliphatic carbocycles. The first kappa shape index (κ1) is 14.4. The third-order valence-corrected chi connectivity index (χ3v) is 4.28. The number of nitrogens with zero attached hydrogens (tertiary/aromatic N) is 2. The van der Waals surface area contributed by atoms with Crippen LogP contribution in [0.15, 0.2) is 12.4 Å². The van der Waals surface area contributed by atoms with Gasteiger partial charge in [0.15, 0.2) is 0 Å². The highest BCUT2D eigenvalue weighted by atomic mass is 19.3. The lowest BCUT2D eigenvalue weighted by atomic mass is 9.80. The van der Waals surface area contributed by atoms with Gasteiger partial charge in [0.25, 0.3) is 0 Å². The normalized spacial score (nSPS) is 20.8. The van der Waals surface area contributed by atoms with Crippen molar-refractivity contribution in [1.82, 2.24) is 9.88 Å². The Morgan fingerprint density at radius 3 is 2.90 bits per heavy atom. The van der Waals surface area contributed by atoms with Gasteiger partial charge in [-0.15, -0.1) is 0 Å². The summed E-state index contributed by atoms with van der Waals surface area (Å²) in [5.74, 6) is -3.32. The monoisotopic (exact) mass is 296 g/mol. The lowest BCUT2D eigenvalue weighted by Gasteiger charge is -2.39. The highest BCUT2D eigenvalue weighted by molar-refractivity contribution is 5.80. The van der Waals surface area contributed by atoms with Gasteiger partial charge < -0.3 is 9.64 Å². The van der Waals surface area contributed by atoms with Crippen LogP contribution in [0.25, 0.3) is 0 Å². The van der Waals surface area contributed by atoms with Gasteiger partial charge in [0.2, 0.25) is 11.8 Å². The van der Waals surface area contributed by atoms with Gasteiger partial charge in [-0.25, -0.2) is 8.78 Å². The van der Waals surface area contributed by atoms with Crippen LogP contribution in [0.1, 0.15) is 29.5 Å². The molecule has 0 saturated heterocycles. The number of hydrogen-bond acceptors (Lipinski definition) is 3. The van der Waals surface area contributed by atoms with Crippen LogP contribution in [0.5, 0.6) is 0 Å². The van der Waals surface area contributed by atoms with Gasteiger partial charge in [-0.05, 0) is 23.1 Å². The molecule has 1 aromatic heterocycles.